The van der Waals surface area contributed by atoms with Crippen LogP contribution in [0.3, 0.4) is 0 Å². The van der Waals surface area contributed by atoms with Crippen molar-refractivity contribution >= 4 is 57.0 Å². The van der Waals surface area contributed by atoms with Crippen LogP contribution in [0.4, 0.5) is 5.69 Å². The normalized spacial score (nSPS) is 18.4. The molecule has 0 saturated carbocycles. The van der Waals surface area contributed by atoms with Crippen molar-refractivity contribution in [2.75, 3.05) is 5.32 Å². The van der Waals surface area contributed by atoms with Gasteiger partial charge in [-0.25, -0.2) is 0 Å². The zero-order chi connectivity index (χ0) is 18.0. The molecule has 3 rings (SSSR count). The number of phenols is 1. The summed E-state index contributed by atoms with van der Waals surface area (Å²) in [4.78, 5) is 12.7. The Balaban J connectivity index is 1.76. The van der Waals surface area contributed by atoms with Gasteiger partial charge in [-0.15, -0.1) is 0 Å². The molecule has 0 unspecified atom stereocenters. The second-order valence-electron chi connectivity index (χ2n) is 5.50. The molecule has 0 bridgehead atoms. The van der Waals surface area contributed by atoms with Gasteiger partial charge in [0.15, 0.2) is 5.50 Å². The first-order valence-electron chi connectivity index (χ1n) is 7.69. The number of carbonyl (C=O) groups excluding carboxylic acids is 1. The lowest BCUT2D eigenvalue weighted by Crippen LogP contribution is -2.30. The van der Waals surface area contributed by atoms with E-state index in [0.29, 0.717) is 10.5 Å². The van der Waals surface area contributed by atoms with Crippen LogP contribution in [-0.2, 0) is 11.2 Å². The van der Waals surface area contributed by atoms with Crippen molar-refractivity contribution in [1.82, 2.24) is 5.32 Å². The third-order valence-electron chi connectivity index (χ3n) is 3.74. The lowest BCUT2D eigenvalue weighted by atomic mass is 10.1. The zero-order valence-electron chi connectivity index (χ0n) is 13.3. The van der Waals surface area contributed by atoms with Crippen LogP contribution in [0.2, 0.25) is 5.02 Å². The molecule has 1 heterocycles. The van der Waals surface area contributed by atoms with E-state index in [4.69, 9.17) is 11.6 Å². The van der Waals surface area contributed by atoms with Gasteiger partial charge in [0.1, 0.15) is 5.75 Å². The minimum absolute atomic E-state index is 0.0441. The van der Waals surface area contributed by atoms with E-state index in [1.54, 1.807) is 18.2 Å². The molecule has 2 aromatic rings. The summed E-state index contributed by atoms with van der Waals surface area (Å²) in [5, 5.41) is 16.4. The average Bonchev–Trinajstić information content (AvgIpc) is 2.92. The van der Waals surface area contributed by atoms with E-state index < -0.39 is 0 Å². The predicted octanol–water partition coefficient (Wildman–Crippen LogP) is 4.97. The third-order valence-corrected chi connectivity index (χ3v) is 5.51. The second kappa shape index (κ2) is 7.72. The second-order valence-corrected chi connectivity index (χ2v) is 7.97. The number of anilines is 1. The molecule has 0 radical (unpaired) electrons. The predicted molar refractivity (Wildman–Crippen MR) is 108 cm³/mol. The van der Waals surface area contributed by atoms with Crippen LogP contribution >= 0.6 is 39.3 Å². The maximum absolute atomic E-state index is 12.2. The average molecular weight is 440 g/mol. The summed E-state index contributed by atoms with van der Waals surface area (Å²) in [6.07, 6.45) is 2.62. The first-order valence-corrected chi connectivity index (χ1v) is 9.74. The van der Waals surface area contributed by atoms with E-state index >= 15 is 0 Å². The van der Waals surface area contributed by atoms with Crippen molar-refractivity contribution in [3.63, 3.8) is 0 Å². The van der Waals surface area contributed by atoms with Crippen molar-refractivity contribution in [3.05, 3.63) is 61.9 Å². The van der Waals surface area contributed by atoms with Gasteiger partial charge in [-0.3, -0.25) is 4.79 Å². The topological polar surface area (TPSA) is 61.4 Å². The van der Waals surface area contributed by atoms with Crippen molar-refractivity contribution in [2.24, 2.45) is 0 Å². The number of aryl methyl sites for hydroxylation is 1. The Kier molecular flexibility index (Phi) is 5.61. The highest BCUT2D eigenvalue weighted by molar-refractivity contribution is 9.10. The Morgan fingerprint density at radius 1 is 1.36 bits per heavy atom. The number of hydrogen-bond acceptors (Lipinski definition) is 4. The highest BCUT2D eigenvalue weighted by Crippen LogP contribution is 2.36. The van der Waals surface area contributed by atoms with Gasteiger partial charge < -0.3 is 15.7 Å². The quantitative estimate of drug-likeness (QED) is 0.589. The molecule has 0 spiro atoms. The van der Waals surface area contributed by atoms with Crippen LogP contribution in [0, 0.1) is 0 Å². The summed E-state index contributed by atoms with van der Waals surface area (Å²) in [5.74, 6) is -0.236. The van der Waals surface area contributed by atoms with Gasteiger partial charge in [-0.05, 0) is 42.3 Å². The van der Waals surface area contributed by atoms with Gasteiger partial charge in [0.05, 0.1) is 9.93 Å². The van der Waals surface area contributed by atoms with Crippen LogP contribution in [0.1, 0.15) is 18.1 Å². The van der Waals surface area contributed by atoms with E-state index in [0.717, 1.165) is 16.6 Å². The summed E-state index contributed by atoms with van der Waals surface area (Å²) >= 11 is 10.7. The Labute approximate surface area is 163 Å². The van der Waals surface area contributed by atoms with Crippen LogP contribution in [0.5, 0.6) is 5.75 Å². The number of thioether (sulfide) groups is 1. The minimum Gasteiger partial charge on any atom is -0.506 e. The summed E-state index contributed by atoms with van der Waals surface area (Å²) in [5.41, 5.74) is 2.42. The van der Waals surface area contributed by atoms with E-state index in [-0.39, 0.29) is 22.2 Å². The SMILES string of the molecule is CCc1ccc(N[C@@H]2NC(=O)/C(=C\c3cc(Br)cc(Cl)c3O)S2)cc1. The van der Waals surface area contributed by atoms with Crippen molar-refractivity contribution < 1.29 is 9.90 Å². The molecule has 4 nitrogen and oxygen atoms in total. The maximum atomic E-state index is 12.2. The van der Waals surface area contributed by atoms with Crippen LogP contribution in [-0.4, -0.2) is 16.5 Å². The van der Waals surface area contributed by atoms with Crippen molar-refractivity contribution in [2.45, 2.75) is 18.8 Å². The molecular formula is C18H16BrClN2O2S. The molecular weight excluding hydrogens is 424 g/mol. The van der Waals surface area contributed by atoms with E-state index in [2.05, 4.69) is 45.6 Å². The van der Waals surface area contributed by atoms with E-state index in [1.165, 1.54) is 17.3 Å². The number of aromatic hydroxyl groups is 1. The number of rotatable bonds is 4. The van der Waals surface area contributed by atoms with Crippen molar-refractivity contribution in [3.8, 4) is 5.75 Å². The maximum Gasteiger partial charge on any atom is 0.260 e. The molecule has 0 aliphatic carbocycles. The molecule has 1 fully saturated rings. The largest absolute Gasteiger partial charge is 0.506 e. The van der Waals surface area contributed by atoms with Crippen molar-refractivity contribution in [1.29, 1.82) is 0 Å². The summed E-state index contributed by atoms with van der Waals surface area (Å²) < 4.78 is 0.733. The first-order chi connectivity index (χ1) is 12.0. The smallest absolute Gasteiger partial charge is 0.260 e. The lowest BCUT2D eigenvalue weighted by molar-refractivity contribution is -0.116. The Hall–Kier alpha value is -1.63. The monoisotopic (exact) mass is 438 g/mol. The Bertz CT molecular complexity index is 840. The fraction of sp³-hybridized carbons (Fsp3) is 0.167. The standard InChI is InChI=1S/C18H16BrClN2O2S/c1-2-10-3-5-13(6-4-10)21-18-22-17(24)15(25-18)8-11-7-12(19)9-14(20)16(11)23/h3-9,18,21,23H,2H2,1H3,(H,22,24)/b15-8+/t18-/m1/s1. The molecule has 1 aliphatic rings. The number of halogens is 2. The van der Waals surface area contributed by atoms with Gasteiger partial charge in [-0.2, -0.15) is 0 Å². The van der Waals surface area contributed by atoms with Gasteiger partial charge in [0.2, 0.25) is 0 Å². The first kappa shape index (κ1) is 18.2. The molecule has 1 atom stereocenters. The van der Waals surface area contributed by atoms with Gasteiger partial charge in [0.25, 0.3) is 5.91 Å². The number of phenolic OH excluding ortho intramolecular Hbond substituents is 1. The van der Waals surface area contributed by atoms with Gasteiger partial charge in [-0.1, -0.05) is 58.3 Å². The highest BCUT2D eigenvalue weighted by atomic mass is 79.9. The molecule has 25 heavy (non-hydrogen) atoms. The molecule has 2 aromatic carbocycles. The summed E-state index contributed by atoms with van der Waals surface area (Å²) in [6.45, 7) is 2.11. The van der Waals surface area contributed by atoms with Gasteiger partial charge >= 0.3 is 0 Å². The molecule has 1 aliphatic heterocycles. The van der Waals surface area contributed by atoms with Crippen LogP contribution < -0.4 is 10.6 Å². The fourth-order valence-electron chi connectivity index (χ4n) is 2.39. The molecule has 130 valence electrons. The molecule has 0 aromatic heterocycles. The summed E-state index contributed by atoms with van der Waals surface area (Å²) in [7, 11) is 0. The third kappa shape index (κ3) is 4.32. The molecule has 7 heteroatoms. The minimum atomic E-state index is -0.268. The highest BCUT2D eigenvalue weighted by Gasteiger charge is 2.27. The Morgan fingerprint density at radius 3 is 2.76 bits per heavy atom. The fourth-order valence-corrected chi connectivity index (χ4v) is 4.20. The van der Waals surface area contributed by atoms with E-state index in [1.807, 2.05) is 12.1 Å². The Morgan fingerprint density at radius 2 is 2.08 bits per heavy atom. The number of nitrogens with one attached hydrogen (secondary N) is 2. The molecule has 1 saturated heterocycles. The number of carbonyl (C=O) groups is 1. The number of hydrogen-bond donors (Lipinski definition) is 3. The zero-order valence-corrected chi connectivity index (χ0v) is 16.5. The van der Waals surface area contributed by atoms with Crippen LogP contribution in [0.15, 0.2) is 45.8 Å². The summed E-state index contributed by atoms with van der Waals surface area (Å²) in [6, 6.07) is 11.4. The lowest BCUT2D eigenvalue weighted by Gasteiger charge is -2.12. The molecule has 1 amide bonds. The molecule has 3 N–H and O–H groups in total. The van der Waals surface area contributed by atoms with Crippen LogP contribution in [0.25, 0.3) is 6.08 Å². The number of amides is 1. The number of benzene rings is 2. The van der Waals surface area contributed by atoms with Gasteiger partial charge in [0, 0.05) is 15.7 Å². The van der Waals surface area contributed by atoms with E-state index in [9.17, 15) is 9.90 Å².